The Balaban J connectivity index is 1.59. The van der Waals surface area contributed by atoms with Crippen molar-refractivity contribution in [1.82, 2.24) is 0 Å². The quantitative estimate of drug-likeness (QED) is 0.296. The lowest BCUT2D eigenvalue weighted by Gasteiger charge is -2.42. The van der Waals surface area contributed by atoms with Gasteiger partial charge in [0, 0.05) is 12.9 Å². The minimum atomic E-state index is -1.23. The maximum atomic E-state index is 3.58. The summed E-state index contributed by atoms with van der Waals surface area (Å²) in [4.78, 5) is 0. The lowest BCUT2D eigenvalue weighted by molar-refractivity contribution is -0.00358. The summed E-state index contributed by atoms with van der Waals surface area (Å²) in [6, 6.07) is 31.2. The molecule has 0 aromatic heterocycles. The third-order valence-electron chi connectivity index (χ3n) is 7.82. The Morgan fingerprint density at radius 3 is 1.79 bits per heavy atom. The Labute approximate surface area is 205 Å². The Hall–Kier alpha value is -2.81. The first kappa shape index (κ1) is 23.0. The number of rotatable bonds is 4. The standard InChI is InChI=1S/C30H33B2O2/c1-23-19-31-22-33(3)20-29(23)25-15-17-26(18-16-25)30-21-34(4)32(24(30)2,27-11-7-5-8-12-27)28-13-9-6-10-14-28/h5-18,22H,19-21H2,1-4H3. The van der Waals surface area contributed by atoms with Crippen LogP contribution in [0.2, 0.25) is 6.32 Å². The lowest BCUT2D eigenvalue weighted by Crippen LogP contribution is -2.64. The molecule has 0 fully saturated rings. The molecule has 0 saturated carbocycles. The van der Waals surface area contributed by atoms with Crippen LogP contribution in [0.15, 0.2) is 96.0 Å². The molecule has 2 nitrogen and oxygen atoms in total. The van der Waals surface area contributed by atoms with Gasteiger partial charge in [0.1, 0.15) is 20.3 Å². The second-order valence-electron chi connectivity index (χ2n) is 9.85. The zero-order chi connectivity index (χ0) is 23.7. The van der Waals surface area contributed by atoms with Crippen molar-refractivity contribution in [2.45, 2.75) is 20.2 Å². The molecule has 2 aliphatic heterocycles. The van der Waals surface area contributed by atoms with E-state index in [1.54, 1.807) is 0 Å². The van der Waals surface area contributed by atoms with Crippen LogP contribution in [0.5, 0.6) is 0 Å². The number of hydrogen-bond acceptors (Lipinski definition) is 0. The summed E-state index contributed by atoms with van der Waals surface area (Å²) in [6.07, 6.45) is -0.229. The topological polar surface area (TPSA) is 5.40 Å². The molecule has 0 saturated heterocycles. The molecule has 0 N–H and O–H groups in total. The smallest absolute Gasteiger partial charge is 0.373 e. The average Bonchev–Trinajstić information content (AvgIpc) is 3.01. The maximum absolute atomic E-state index is 3.58. The van der Waals surface area contributed by atoms with Crippen molar-refractivity contribution in [2.75, 3.05) is 27.4 Å². The van der Waals surface area contributed by atoms with Crippen LogP contribution in [0.4, 0.5) is 0 Å². The summed E-state index contributed by atoms with van der Waals surface area (Å²) in [7, 11) is 6.48. The highest BCUT2D eigenvalue weighted by molar-refractivity contribution is 7.04. The molecule has 3 aromatic carbocycles. The fourth-order valence-electron chi connectivity index (χ4n) is 6.04. The summed E-state index contributed by atoms with van der Waals surface area (Å²) in [6.45, 7) is 8.42. The second kappa shape index (κ2) is 9.44. The summed E-state index contributed by atoms with van der Waals surface area (Å²) in [5.74, 6) is 0. The number of benzene rings is 3. The highest BCUT2D eigenvalue weighted by Gasteiger charge is 2.49. The van der Waals surface area contributed by atoms with Crippen molar-refractivity contribution >= 4 is 35.7 Å². The Morgan fingerprint density at radius 1 is 0.706 bits per heavy atom. The summed E-state index contributed by atoms with van der Waals surface area (Å²) in [5, 5.41) is 0. The fourth-order valence-corrected chi connectivity index (χ4v) is 6.04. The molecule has 2 heterocycles. The molecule has 1 radical (unpaired) electrons. The predicted molar refractivity (Wildman–Crippen MR) is 148 cm³/mol. The minimum Gasteiger partial charge on any atom is -0.659 e. The molecule has 2 aliphatic rings. The van der Waals surface area contributed by atoms with E-state index in [2.05, 4.69) is 135 Å². The van der Waals surface area contributed by atoms with Crippen molar-refractivity contribution in [1.29, 1.82) is 0 Å². The molecular formula is C30H33B2O2. The van der Waals surface area contributed by atoms with Gasteiger partial charge in [-0.15, -0.1) is 16.4 Å². The first-order valence-electron chi connectivity index (χ1n) is 12.2. The Kier molecular flexibility index (Phi) is 6.38. The molecule has 4 heteroatoms. The van der Waals surface area contributed by atoms with Gasteiger partial charge < -0.3 is 8.65 Å². The molecule has 0 atom stereocenters. The van der Waals surface area contributed by atoms with E-state index < -0.39 is 6.35 Å². The molecule has 0 unspecified atom stereocenters. The second-order valence-corrected chi connectivity index (χ2v) is 9.85. The summed E-state index contributed by atoms with van der Waals surface area (Å²) in [5.41, 5.74) is 11.0. The van der Waals surface area contributed by atoms with E-state index in [1.165, 1.54) is 44.2 Å². The zero-order valence-electron chi connectivity index (χ0n) is 20.8. The van der Waals surface area contributed by atoms with Crippen LogP contribution in [0.1, 0.15) is 25.0 Å². The van der Waals surface area contributed by atoms with Gasteiger partial charge in [0.25, 0.3) is 0 Å². The van der Waals surface area contributed by atoms with Gasteiger partial charge in [-0.25, -0.2) is 0 Å². The van der Waals surface area contributed by atoms with Gasteiger partial charge in [-0.1, -0.05) is 110 Å². The lowest BCUT2D eigenvalue weighted by atomic mass is 9.28. The molecule has 0 aliphatic carbocycles. The molecule has 34 heavy (non-hydrogen) atoms. The Bertz CT molecular complexity index is 1170. The highest BCUT2D eigenvalue weighted by atomic mass is 16.7. The molecule has 3 aromatic rings. The highest BCUT2D eigenvalue weighted by Crippen LogP contribution is 2.38. The normalized spacial score (nSPS) is 19.3. The van der Waals surface area contributed by atoms with Crippen LogP contribution in [0.25, 0.3) is 11.1 Å². The minimum absolute atomic E-state index is 0.860. The molecule has 0 amide bonds. The van der Waals surface area contributed by atoms with Crippen LogP contribution < -0.4 is 10.9 Å². The maximum Gasteiger partial charge on any atom is 0.373 e. The number of allylic oxidation sites excluding steroid dienone is 2. The predicted octanol–water partition coefficient (Wildman–Crippen LogP) is 5.17. The van der Waals surface area contributed by atoms with Gasteiger partial charge in [0.2, 0.25) is 0 Å². The van der Waals surface area contributed by atoms with Gasteiger partial charge >= 0.3 is 6.35 Å². The largest absolute Gasteiger partial charge is 0.659 e. The average molecular weight is 447 g/mol. The van der Waals surface area contributed by atoms with Gasteiger partial charge in [-0.3, -0.25) is 0 Å². The molecule has 0 spiro atoms. The third kappa shape index (κ3) is 3.89. The van der Waals surface area contributed by atoms with Crippen molar-refractivity contribution < 1.29 is 8.65 Å². The van der Waals surface area contributed by atoms with Crippen molar-refractivity contribution in [3.8, 4) is 0 Å². The van der Waals surface area contributed by atoms with Crippen LogP contribution in [-0.4, -0.2) is 41.1 Å². The molecule has 0 bridgehead atoms. The van der Waals surface area contributed by atoms with Crippen molar-refractivity contribution in [2.24, 2.45) is 0 Å². The number of hydrogen-bond donors (Lipinski definition) is 0. The zero-order valence-corrected chi connectivity index (χ0v) is 20.8. The first-order valence-corrected chi connectivity index (χ1v) is 12.2. The fraction of sp³-hybridized carbons (Fsp3) is 0.233. The van der Waals surface area contributed by atoms with E-state index in [0.717, 1.165) is 19.5 Å². The van der Waals surface area contributed by atoms with Crippen LogP contribution in [-0.2, 0) is 8.65 Å². The molecule has 171 valence electrons. The van der Waals surface area contributed by atoms with E-state index in [9.17, 15) is 0 Å². The van der Waals surface area contributed by atoms with E-state index in [1.807, 2.05) is 0 Å². The van der Waals surface area contributed by atoms with Gasteiger partial charge in [0.15, 0.2) is 0 Å². The summed E-state index contributed by atoms with van der Waals surface area (Å²) < 4.78 is 6.69. The monoisotopic (exact) mass is 447 g/mol. The van der Waals surface area contributed by atoms with Gasteiger partial charge in [0.05, 0.1) is 7.11 Å². The van der Waals surface area contributed by atoms with E-state index in [4.69, 9.17) is 0 Å². The molecule has 5 rings (SSSR count). The van der Waals surface area contributed by atoms with Crippen molar-refractivity contribution in [3.63, 3.8) is 0 Å². The van der Waals surface area contributed by atoms with E-state index >= 15 is 0 Å². The molecular weight excluding hydrogens is 414 g/mol. The van der Waals surface area contributed by atoms with E-state index in [-0.39, 0.29) is 0 Å². The first-order chi connectivity index (χ1) is 16.5. The van der Waals surface area contributed by atoms with Crippen LogP contribution >= 0.6 is 0 Å². The Morgan fingerprint density at radius 2 is 1.24 bits per heavy atom. The van der Waals surface area contributed by atoms with E-state index in [0.29, 0.717) is 0 Å². The third-order valence-corrected chi connectivity index (χ3v) is 7.82. The van der Waals surface area contributed by atoms with Gasteiger partial charge in [-0.05, 0) is 23.6 Å². The summed E-state index contributed by atoms with van der Waals surface area (Å²) >= 11 is 0. The SMILES string of the molecule is CC1=C(c2ccc(C3=C(C)[B-](c4ccccc4)(c4ccccc4)[O+](C)C3)cc2)C[O+](C)[CH-][B]C1. The van der Waals surface area contributed by atoms with Gasteiger partial charge in [-0.2, -0.15) is 0 Å². The van der Waals surface area contributed by atoms with Crippen LogP contribution in [0, 0.1) is 6.51 Å². The van der Waals surface area contributed by atoms with Crippen molar-refractivity contribution in [3.05, 3.63) is 114 Å². The van der Waals surface area contributed by atoms with Crippen LogP contribution in [0.3, 0.4) is 0 Å².